The first-order valence-corrected chi connectivity index (χ1v) is 6.32. The fraction of sp³-hybridized carbons (Fsp3) is 0.600. The second kappa shape index (κ2) is 6.15. The molecule has 0 aromatic carbocycles. The number of thiocarbonyl (C=S) groups is 1. The summed E-state index contributed by atoms with van der Waals surface area (Å²) in [6.45, 7) is 6.99. The van der Waals surface area contributed by atoms with Gasteiger partial charge >= 0.3 is 0 Å². The molecule has 0 aliphatic carbocycles. The van der Waals surface area contributed by atoms with E-state index >= 15 is 0 Å². The van der Waals surface area contributed by atoms with Crippen LogP contribution >= 0.6 is 23.6 Å². The maximum Gasteiger partial charge on any atom is 0.107 e. The highest BCUT2D eigenvalue weighted by Gasteiger charge is 2.12. The largest absolute Gasteiger partial charge is 0.393 e. The summed E-state index contributed by atoms with van der Waals surface area (Å²) in [6.07, 6.45) is 1.84. The summed E-state index contributed by atoms with van der Waals surface area (Å²) in [5, 5.41) is 3.15. The molecule has 1 aromatic heterocycles. The summed E-state index contributed by atoms with van der Waals surface area (Å²) in [6, 6.07) is 0. The molecule has 1 aromatic rings. The lowest BCUT2D eigenvalue weighted by Gasteiger charge is -2.22. The molecule has 1 heterocycles. The molecule has 0 saturated carbocycles. The van der Waals surface area contributed by atoms with Crippen molar-refractivity contribution >= 4 is 28.5 Å². The van der Waals surface area contributed by atoms with Crippen LogP contribution in [0.5, 0.6) is 0 Å². The minimum atomic E-state index is 0.264. The smallest absolute Gasteiger partial charge is 0.107 e. The van der Waals surface area contributed by atoms with Gasteiger partial charge in [-0.3, -0.25) is 4.90 Å². The van der Waals surface area contributed by atoms with E-state index in [1.54, 1.807) is 11.3 Å². The lowest BCUT2D eigenvalue weighted by molar-refractivity contribution is 0.264. The maximum atomic E-state index is 5.60. The normalized spacial score (nSPS) is 13.0. The zero-order valence-corrected chi connectivity index (χ0v) is 10.8. The number of rotatable bonds is 6. The first kappa shape index (κ1) is 12.5. The average molecular weight is 243 g/mol. The van der Waals surface area contributed by atoms with Gasteiger partial charge in [-0.05, 0) is 6.54 Å². The summed E-state index contributed by atoms with van der Waals surface area (Å²) in [4.78, 5) is 7.17. The molecular weight excluding hydrogens is 226 g/mol. The van der Waals surface area contributed by atoms with Crippen molar-refractivity contribution in [1.82, 2.24) is 9.88 Å². The van der Waals surface area contributed by atoms with E-state index in [1.165, 1.54) is 0 Å². The summed E-state index contributed by atoms with van der Waals surface area (Å²) in [5.74, 6) is 0.264. The van der Waals surface area contributed by atoms with Crippen molar-refractivity contribution in [2.24, 2.45) is 11.7 Å². The quantitative estimate of drug-likeness (QED) is 0.775. The van der Waals surface area contributed by atoms with Gasteiger partial charge in [0.05, 0.1) is 11.5 Å². The second-order valence-corrected chi connectivity index (χ2v) is 5.01. The van der Waals surface area contributed by atoms with Gasteiger partial charge in [0.15, 0.2) is 0 Å². The lowest BCUT2D eigenvalue weighted by atomic mass is 10.1. The Morgan fingerprint density at radius 3 is 2.93 bits per heavy atom. The van der Waals surface area contributed by atoms with Gasteiger partial charge in [-0.1, -0.05) is 26.1 Å². The van der Waals surface area contributed by atoms with E-state index in [-0.39, 0.29) is 5.92 Å². The van der Waals surface area contributed by atoms with Gasteiger partial charge in [-0.2, -0.15) is 0 Å². The number of thiazole rings is 1. The Morgan fingerprint density at radius 2 is 2.47 bits per heavy atom. The Hall–Kier alpha value is -0.520. The summed E-state index contributed by atoms with van der Waals surface area (Å²) in [5.41, 5.74) is 5.60. The summed E-state index contributed by atoms with van der Waals surface area (Å²) in [7, 11) is 0. The molecule has 0 aliphatic rings. The third kappa shape index (κ3) is 4.24. The monoisotopic (exact) mass is 243 g/mol. The summed E-state index contributed by atoms with van der Waals surface area (Å²) >= 11 is 6.66. The Bertz CT molecular complexity index is 298. The highest BCUT2D eigenvalue weighted by atomic mass is 32.1. The number of aromatic nitrogens is 1. The summed E-state index contributed by atoms with van der Waals surface area (Å²) < 4.78 is 0. The van der Waals surface area contributed by atoms with Crippen LogP contribution in [0.4, 0.5) is 0 Å². The van der Waals surface area contributed by atoms with Crippen LogP contribution in [0.3, 0.4) is 0 Å². The molecule has 0 fully saturated rings. The molecule has 15 heavy (non-hydrogen) atoms. The molecule has 0 saturated heterocycles. The molecule has 0 amide bonds. The number of nitrogens with zero attached hydrogens (tertiary/aromatic N) is 2. The van der Waals surface area contributed by atoms with Crippen molar-refractivity contribution in [3.05, 3.63) is 16.6 Å². The third-order valence-electron chi connectivity index (χ3n) is 2.31. The molecule has 1 unspecified atom stereocenters. The maximum absolute atomic E-state index is 5.60. The van der Waals surface area contributed by atoms with Crippen LogP contribution in [0.25, 0.3) is 0 Å². The fourth-order valence-corrected chi connectivity index (χ4v) is 2.04. The van der Waals surface area contributed by atoms with E-state index in [0.29, 0.717) is 4.99 Å². The molecular formula is C10H17N3S2. The van der Waals surface area contributed by atoms with Gasteiger partial charge in [-0.25, -0.2) is 4.98 Å². The fourth-order valence-electron chi connectivity index (χ4n) is 1.31. The van der Waals surface area contributed by atoms with Gasteiger partial charge in [0.25, 0.3) is 0 Å². The molecule has 0 spiro atoms. The minimum absolute atomic E-state index is 0.264. The highest BCUT2D eigenvalue weighted by molar-refractivity contribution is 7.80. The molecule has 1 rings (SSSR count). The van der Waals surface area contributed by atoms with Crippen molar-refractivity contribution in [3.8, 4) is 0 Å². The van der Waals surface area contributed by atoms with Crippen LogP contribution in [0.15, 0.2) is 11.6 Å². The van der Waals surface area contributed by atoms with E-state index in [0.717, 1.165) is 24.6 Å². The highest BCUT2D eigenvalue weighted by Crippen LogP contribution is 2.09. The first-order chi connectivity index (χ1) is 7.13. The van der Waals surface area contributed by atoms with Gasteiger partial charge < -0.3 is 5.73 Å². The topological polar surface area (TPSA) is 42.2 Å². The molecule has 2 N–H and O–H groups in total. The van der Waals surface area contributed by atoms with Crippen LogP contribution in [-0.4, -0.2) is 28.0 Å². The van der Waals surface area contributed by atoms with Gasteiger partial charge in [0, 0.05) is 24.0 Å². The van der Waals surface area contributed by atoms with Crippen LogP contribution in [0.1, 0.15) is 18.9 Å². The lowest BCUT2D eigenvalue weighted by Crippen LogP contribution is -2.33. The molecule has 3 nitrogen and oxygen atoms in total. The number of hydrogen-bond donors (Lipinski definition) is 1. The zero-order valence-electron chi connectivity index (χ0n) is 9.14. The van der Waals surface area contributed by atoms with Gasteiger partial charge in [0.2, 0.25) is 0 Å². The minimum Gasteiger partial charge on any atom is -0.393 e. The Labute approximate surface area is 100 Å². The zero-order chi connectivity index (χ0) is 11.3. The molecule has 0 aliphatic heterocycles. The van der Waals surface area contributed by atoms with Gasteiger partial charge in [0.1, 0.15) is 5.01 Å². The van der Waals surface area contributed by atoms with Crippen molar-refractivity contribution in [1.29, 1.82) is 0 Å². The van der Waals surface area contributed by atoms with Crippen molar-refractivity contribution in [2.75, 3.05) is 13.1 Å². The molecule has 0 radical (unpaired) electrons. The van der Waals surface area contributed by atoms with Crippen molar-refractivity contribution in [2.45, 2.75) is 20.4 Å². The van der Waals surface area contributed by atoms with Crippen molar-refractivity contribution < 1.29 is 0 Å². The van der Waals surface area contributed by atoms with Crippen molar-refractivity contribution in [3.63, 3.8) is 0 Å². The predicted molar refractivity (Wildman–Crippen MR) is 69.0 cm³/mol. The Balaban J connectivity index is 2.46. The number of nitrogens with two attached hydrogens (primary N) is 1. The van der Waals surface area contributed by atoms with Gasteiger partial charge in [-0.15, -0.1) is 11.3 Å². The van der Waals surface area contributed by atoms with Crippen LogP contribution in [0.2, 0.25) is 0 Å². The van der Waals surface area contributed by atoms with E-state index in [2.05, 4.69) is 23.7 Å². The van der Waals surface area contributed by atoms with E-state index in [9.17, 15) is 0 Å². The van der Waals surface area contributed by atoms with Crippen LogP contribution < -0.4 is 5.73 Å². The van der Waals surface area contributed by atoms with Crippen LogP contribution in [0, 0.1) is 5.92 Å². The SMILES string of the molecule is CCN(Cc1nccs1)CC(C)C(N)=S. The molecule has 0 bridgehead atoms. The average Bonchev–Trinajstić information content (AvgIpc) is 2.69. The van der Waals surface area contributed by atoms with E-state index < -0.39 is 0 Å². The van der Waals surface area contributed by atoms with Crippen LogP contribution in [-0.2, 0) is 6.54 Å². The Kier molecular flexibility index (Phi) is 5.14. The number of hydrogen-bond acceptors (Lipinski definition) is 4. The molecule has 1 atom stereocenters. The predicted octanol–water partition coefficient (Wildman–Crippen LogP) is 1.89. The Morgan fingerprint density at radius 1 is 1.73 bits per heavy atom. The van der Waals surface area contributed by atoms with E-state index in [4.69, 9.17) is 18.0 Å². The third-order valence-corrected chi connectivity index (χ3v) is 3.47. The second-order valence-electron chi connectivity index (χ2n) is 3.56. The molecule has 84 valence electrons. The molecule has 5 heteroatoms. The standard InChI is InChI=1S/C10H17N3S2/c1-3-13(6-8(2)10(11)14)7-9-12-4-5-15-9/h4-5,8H,3,6-7H2,1-2H3,(H2,11,14). The first-order valence-electron chi connectivity index (χ1n) is 5.03. The van der Waals surface area contributed by atoms with E-state index in [1.807, 2.05) is 11.6 Å².